The van der Waals surface area contributed by atoms with Gasteiger partial charge in [-0.05, 0) is 48.5 Å². The van der Waals surface area contributed by atoms with Crippen molar-refractivity contribution in [1.29, 1.82) is 0 Å². The van der Waals surface area contributed by atoms with Gasteiger partial charge in [0.1, 0.15) is 40.2 Å². The maximum atomic E-state index is 14.6. The number of ether oxygens (including phenoxy) is 3. The smallest absolute Gasteiger partial charge is 0.435 e. The highest BCUT2D eigenvalue weighted by molar-refractivity contribution is 8.07. The van der Waals surface area contributed by atoms with Crippen LogP contribution >= 0.6 is 18.3 Å². The topological polar surface area (TPSA) is 151 Å². The first-order valence-electron chi connectivity index (χ1n) is 11.7. The molecular weight excluding hydrogens is 613 g/mol. The van der Waals surface area contributed by atoms with E-state index in [9.17, 15) is 28.6 Å². The molecule has 1 saturated heterocycles. The minimum atomic E-state index is -4.00. The molecule has 0 radical (unpaired) electrons. The predicted molar refractivity (Wildman–Crippen MR) is 145 cm³/mol. The quantitative estimate of drug-likeness (QED) is 0.267. The Hall–Kier alpha value is -3.04. The number of alkyl halides is 2. The van der Waals surface area contributed by atoms with Crippen molar-refractivity contribution in [3.8, 4) is 23.0 Å². The number of H-pyrrole nitrogens is 1. The van der Waals surface area contributed by atoms with Crippen molar-refractivity contribution in [2.75, 3.05) is 20.8 Å². The number of nitrogens with one attached hydrogen (secondary N) is 1. The van der Waals surface area contributed by atoms with Crippen molar-refractivity contribution in [3.05, 3.63) is 80.6 Å². The van der Waals surface area contributed by atoms with E-state index in [0.29, 0.717) is 16.1 Å². The molecule has 41 heavy (non-hydrogen) atoms. The number of aliphatic hydroxyl groups is 2. The second-order valence-electron chi connectivity index (χ2n) is 8.60. The van der Waals surface area contributed by atoms with Crippen LogP contribution in [-0.2, 0) is 21.1 Å². The van der Waals surface area contributed by atoms with Gasteiger partial charge in [-0.25, -0.2) is 13.6 Å². The van der Waals surface area contributed by atoms with Crippen LogP contribution in [0.4, 0.5) is 8.78 Å². The van der Waals surface area contributed by atoms with Gasteiger partial charge in [-0.2, -0.15) is 0 Å². The summed E-state index contributed by atoms with van der Waals surface area (Å²) in [5.74, 6) is 1.29. The number of benzene rings is 2. The Balaban J connectivity index is 1.65. The highest BCUT2D eigenvalue weighted by Gasteiger charge is 2.61. The average Bonchev–Trinajstić information content (AvgIpc) is 3.21. The normalized spacial score (nSPS) is 22.5. The summed E-state index contributed by atoms with van der Waals surface area (Å²) in [7, 11) is 2.92. The molecule has 4 rings (SSSR count). The standard InChI is InChI=1S/C24H24ClF2N2O10PS/c1-34-13-3-7-15(8-4-13)38-40(41,39-16-9-5-14(35-2)6-10-16)36-12-24(22(26)27)19(31)18(30)21(37-24)29-11-17(25)20(32)28-23(29)33/h3-11,18-19,21-22,30-31H,12H2,1-2H3,(H,28,32,33). The number of methoxy groups -OCH3 is 2. The van der Waals surface area contributed by atoms with E-state index in [-0.39, 0.29) is 11.5 Å². The largest absolute Gasteiger partial charge is 0.497 e. The van der Waals surface area contributed by atoms with Gasteiger partial charge >= 0.3 is 12.4 Å². The zero-order valence-electron chi connectivity index (χ0n) is 21.3. The van der Waals surface area contributed by atoms with Gasteiger partial charge in [-0.3, -0.25) is 18.9 Å². The van der Waals surface area contributed by atoms with E-state index in [1.165, 1.54) is 38.5 Å². The number of nitrogens with zero attached hydrogens (tertiary/aromatic N) is 1. The number of aromatic amines is 1. The highest BCUT2D eigenvalue weighted by Crippen LogP contribution is 2.53. The van der Waals surface area contributed by atoms with Crippen LogP contribution in [-0.4, -0.2) is 64.8 Å². The van der Waals surface area contributed by atoms with E-state index >= 15 is 0 Å². The molecule has 0 aliphatic carbocycles. The molecule has 0 spiro atoms. The molecule has 17 heteroatoms. The Morgan fingerprint density at radius 3 is 1.98 bits per heavy atom. The van der Waals surface area contributed by atoms with E-state index < -0.39 is 60.1 Å². The van der Waals surface area contributed by atoms with Gasteiger partial charge in [0, 0.05) is 18.0 Å². The molecule has 12 nitrogen and oxygen atoms in total. The third kappa shape index (κ3) is 6.56. The van der Waals surface area contributed by atoms with Crippen LogP contribution in [0.25, 0.3) is 0 Å². The molecule has 1 aliphatic rings. The van der Waals surface area contributed by atoms with Crippen molar-refractivity contribution in [1.82, 2.24) is 9.55 Å². The molecule has 2 heterocycles. The maximum Gasteiger partial charge on any atom is 0.435 e. The van der Waals surface area contributed by atoms with Gasteiger partial charge in [0.2, 0.25) is 0 Å². The highest BCUT2D eigenvalue weighted by atomic mass is 35.5. The van der Waals surface area contributed by atoms with Crippen molar-refractivity contribution >= 4 is 30.1 Å². The summed E-state index contributed by atoms with van der Waals surface area (Å²) >= 11 is 11.3. The number of halogens is 3. The zero-order chi connectivity index (χ0) is 29.9. The summed E-state index contributed by atoms with van der Waals surface area (Å²) in [6, 6.07) is 12.2. The monoisotopic (exact) mass is 636 g/mol. The first-order chi connectivity index (χ1) is 19.4. The fraction of sp³-hybridized carbons (Fsp3) is 0.333. The lowest BCUT2D eigenvalue weighted by Crippen LogP contribution is -2.52. The molecule has 0 amide bonds. The number of aromatic nitrogens is 2. The lowest BCUT2D eigenvalue weighted by atomic mass is 9.96. The summed E-state index contributed by atoms with van der Waals surface area (Å²) < 4.78 is 62.6. The molecule has 2 aromatic carbocycles. The molecular formula is C24H24ClF2N2O10PS. The Bertz CT molecular complexity index is 1470. The molecule has 0 bridgehead atoms. The summed E-state index contributed by atoms with van der Waals surface area (Å²) in [6.45, 7) is -5.14. The van der Waals surface area contributed by atoms with Crippen molar-refractivity contribution < 1.29 is 46.8 Å². The molecule has 0 saturated carbocycles. The van der Waals surface area contributed by atoms with Crippen molar-refractivity contribution in [2.24, 2.45) is 0 Å². The minimum absolute atomic E-state index is 0.147. The molecule has 1 aromatic heterocycles. The van der Waals surface area contributed by atoms with Gasteiger partial charge in [0.25, 0.3) is 12.0 Å². The van der Waals surface area contributed by atoms with E-state index in [0.717, 1.165) is 6.20 Å². The lowest BCUT2D eigenvalue weighted by molar-refractivity contribution is -0.192. The van der Waals surface area contributed by atoms with E-state index in [1.807, 2.05) is 4.98 Å². The Labute approximate surface area is 241 Å². The third-order valence-corrected chi connectivity index (χ3v) is 8.37. The van der Waals surface area contributed by atoms with Crippen LogP contribution in [0.15, 0.2) is 64.3 Å². The molecule has 222 valence electrons. The fourth-order valence-corrected chi connectivity index (χ4v) is 5.92. The molecule has 3 N–H and O–H groups in total. The Kier molecular flexibility index (Phi) is 9.39. The van der Waals surface area contributed by atoms with Crippen LogP contribution in [0, 0.1) is 0 Å². The second-order valence-corrected chi connectivity index (χ2v) is 11.9. The van der Waals surface area contributed by atoms with E-state index in [4.69, 9.17) is 51.2 Å². The second kappa shape index (κ2) is 12.4. The maximum absolute atomic E-state index is 14.6. The predicted octanol–water partition coefficient (Wildman–Crippen LogP) is 2.86. The fourth-order valence-electron chi connectivity index (χ4n) is 3.83. The number of aliphatic hydroxyl groups excluding tert-OH is 2. The first-order valence-corrected chi connectivity index (χ1v) is 14.6. The van der Waals surface area contributed by atoms with Crippen LogP contribution in [0.3, 0.4) is 0 Å². The summed E-state index contributed by atoms with van der Waals surface area (Å²) in [5, 5.41) is 20.9. The van der Waals surface area contributed by atoms with Gasteiger partial charge in [0.15, 0.2) is 11.8 Å². The number of hydrogen-bond donors (Lipinski definition) is 3. The van der Waals surface area contributed by atoms with Gasteiger partial charge in [-0.1, -0.05) is 11.6 Å². The molecule has 1 aliphatic heterocycles. The van der Waals surface area contributed by atoms with Crippen LogP contribution in [0.2, 0.25) is 5.02 Å². The minimum Gasteiger partial charge on any atom is -0.497 e. The van der Waals surface area contributed by atoms with Gasteiger partial charge in [-0.15, -0.1) is 0 Å². The summed E-state index contributed by atoms with van der Waals surface area (Å²) in [4.78, 5) is 25.8. The van der Waals surface area contributed by atoms with Crippen LogP contribution in [0.1, 0.15) is 6.23 Å². The number of hydrogen-bond acceptors (Lipinski definition) is 11. The van der Waals surface area contributed by atoms with E-state index in [2.05, 4.69) is 0 Å². The van der Waals surface area contributed by atoms with Gasteiger partial charge in [0.05, 0.1) is 20.8 Å². The Morgan fingerprint density at radius 2 is 1.51 bits per heavy atom. The summed E-state index contributed by atoms with van der Waals surface area (Å²) in [5.41, 5.74) is -4.99. The number of rotatable bonds is 11. The molecule has 4 unspecified atom stereocenters. The van der Waals surface area contributed by atoms with Crippen LogP contribution < -0.4 is 29.8 Å². The van der Waals surface area contributed by atoms with Crippen molar-refractivity contribution in [2.45, 2.75) is 30.5 Å². The summed E-state index contributed by atoms with van der Waals surface area (Å²) in [6.07, 6.45) is -8.94. The molecule has 3 aromatic rings. The van der Waals surface area contributed by atoms with Crippen LogP contribution in [0.5, 0.6) is 23.0 Å². The zero-order valence-corrected chi connectivity index (χ0v) is 23.8. The SMILES string of the molecule is COc1ccc(OP(=S)(OCC2(C(F)F)OC(n3cc(Cl)c(=O)[nH]c3=O)C(O)C2O)Oc2ccc(OC)cc2)cc1. The third-order valence-electron chi connectivity index (χ3n) is 6.03. The average molecular weight is 637 g/mol. The molecule has 1 fully saturated rings. The van der Waals surface area contributed by atoms with E-state index in [1.54, 1.807) is 24.3 Å². The molecule has 4 atom stereocenters. The van der Waals surface area contributed by atoms with Crippen molar-refractivity contribution in [3.63, 3.8) is 0 Å². The first kappa shape index (κ1) is 30.9. The van der Waals surface area contributed by atoms with Gasteiger partial charge < -0.3 is 33.5 Å². The Morgan fingerprint density at radius 1 is 1.02 bits per heavy atom. The lowest BCUT2D eigenvalue weighted by Gasteiger charge is -2.33.